The average Bonchev–Trinajstić information content (AvgIpc) is 2.86. The topological polar surface area (TPSA) is 152 Å². The summed E-state index contributed by atoms with van der Waals surface area (Å²) in [5.41, 5.74) is 9.00. The number of ether oxygens (including phenoxy) is 2. The highest BCUT2D eigenvalue weighted by Crippen LogP contribution is 2.26. The molecule has 10 heteroatoms. The zero-order valence-corrected chi connectivity index (χ0v) is 20.7. The maximum Gasteiger partial charge on any atom is 0.335 e. The molecule has 2 amide bonds. The fraction of sp³-hybridized carbons (Fsp3) is 0.222. The number of rotatable bonds is 12. The molecular formula is C27H30N4O6. The van der Waals surface area contributed by atoms with E-state index in [0.29, 0.717) is 29.4 Å². The minimum absolute atomic E-state index is 0.0367. The van der Waals surface area contributed by atoms with E-state index in [-0.39, 0.29) is 36.6 Å². The van der Waals surface area contributed by atoms with Gasteiger partial charge in [0.15, 0.2) is 5.78 Å². The van der Waals surface area contributed by atoms with Gasteiger partial charge in [0.2, 0.25) is 0 Å². The first-order valence-electron chi connectivity index (χ1n) is 11.6. The van der Waals surface area contributed by atoms with Crippen LogP contribution in [0, 0.1) is 6.92 Å². The molecule has 0 aliphatic heterocycles. The maximum absolute atomic E-state index is 12.4. The molecule has 10 nitrogen and oxygen atoms in total. The van der Waals surface area contributed by atoms with Crippen LogP contribution in [0.4, 0.5) is 21.9 Å². The molecule has 0 fully saturated rings. The second-order valence-corrected chi connectivity index (χ2v) is 8.23. The van der Waals surface area contributed by atoms with E-state index in [4.69, 9.17) is 20.3 Å². The number of amides is 2. The number of nitrogens with one attached hydrogen (secondary N) is 3. The molecule has 0 bridgehead atoms. The Morgan fingerprint density at radius 1 is 0.946 bits per heavy atom. The van der Waals surface area contributed by atoms with E-state index in [1.807, 2.05) is 31.2 Å². The molecule has 0 unspecified atom stereocenters. The first kappa shape index (κ1) is 27.0. The SMILES string of the molecule is COc1cc(CC(=O)CNCCOc2ccc(C(=O)O)cc2N)ccc1NC(=O)Nc1ccccc1C. The van der Waals surface area contributed by atoms with E-state index in [0.717, 1.165) is 11.1 Å². The Kier molecular flexibility index (Phi) is 9.45. The van der Waals surface area contributed by atoms with Crippen LogP contribution in [-0.2, 0) is 11.2 Å². The molecule has 0 spiro atoms. The molecular weight excluding hydrogens is 476 g/mol. The van der Waals surface area contributed by atoms with Crippen LogP contribution in [0.25, 0.3) is 0 Å². The molecule has 0 saturated carbocycles. The number of aryl methyl sites for hydroxylation is 1. The normalized spacial score (nSPS) is 10.4. The molecule has 0 aromatic heterocycles. The Morgan fingerprint density at radius 3 is 2.41 bits per heavy atom. The highest BCUT2D eigenvalue weighted by molar-refractivity contribution is 6.01. The molecule has 37 heavy (non-hydrogen) atoms. The summed E-state index contributed by atoms with van der Waals surface area (Å²) in [7, 11) is 1.49. The Hall–Kier alpha value is -4.57. The van der Waals surface area contributed by atoms with E-state index in [9.17, 15) is 14.4 Å². The predicted molar refractivity (Wildman–Crippen MR) is 142 cm³/mol. The minimum atomic E-state index is -1.06. The molecule has 0 aliphatic carbocycles. The Bertz CT molecular complexity index is 1280. The number of carbonyl (C=O) groups excluding carboxylic acids is 2. The molecule has 194 valence electrons. The van der Waals surface area contributed by atoms with Crippen LogP contribution in [0.3, 0.4) is 0 Å². The van der Waals surface area contributed by atoms with Crippen molar-refractivity contribution in [3.05, 3.63) is 77.4 Å². The second kappa shape index (κ2) is 12.9. The number of para-hydroxylation sites is 1. The van der Waals surface area contributed by atoms with Crippen molar-refractivity contribution < 1.29 is 29.0 Å². The van der Waals surface area contributed by atoms with Gasteiger partial charge in [0.1, 0.15) is 18.1 Å². The van der Waals surface area contributed by atoms with Gasteiger partial charge in [-0.1, -0.05) is 24.3 Å². The number of urea groups is 1. The molecule has 0 heterocycles. The Labute approximate surface area is 214 Å². The van der Waals surface area contributed by atoms with Crippen molar-refractivity contribution in [2.24, 2.45) is 0 Å². The smallest absolute Gasteiger partial charge is 0.335 e. The largest absolute Gasteiger partial charge is 0.495 e. The summed E-state index contributed by atoms with van der Waals surface area (Å²) in [5, 5.41) is 17.6. The van der Waals surface area contributed by atoms with E-state index >= 15 is 0 Å². The van der Waals surface area contributed by atoms with E-state index in [1.54, 1.807) is 18.2 Å². The van der Waals surface area contributed by atoms with Crippen LogP contribution in [0.2, 0.25) is 0 Å². The summed E-state index contributed by atoms with van der Waals surface area (Å²) in [4.78, 5) is 35.8. The molecule has 0 aliphatic rings. The maximum atomic E-state index is 12.4. The molecule has 0 saturated heterocycles. The monoisotopic (exact) mass is 506 g/mol. The summed E-state index contributed by atoms with van der Waals surface area (Å²) >= 11 is 0. The summed E-state index contributed by atoms with van der Waals surface area (Å²) < 4.78 is 10.9. The van der Waals surface area contributed by atoms with Gasteiger partial charge in [-0.15, -0.1) is 0 Å². The van der Waals surface area contributed by atoms with Gasteiger partial charge in [0.05, 0.1) is 30.6 Å². The number of Topliss-reactive ketones (excluding diaryl/α,β-unsaturated/α-hetero) is 1. The van der Waals surface area contributed by atoms with E-state index < -0.39 is 12.0 Å². The number of benzene rings is 3. The van der Waals surface area contributed by atoms with Crippen LogP contribution in [0.15, 0.2) is 60.7 Å². The molecule has 0 radical (unpaired) electrons. The summed E-state index contributed by atoms with van der Waals surface area (Å²) in [6, 6.07) is 16.5. The highest BCUT2D eigenvalue weighted by Gasteiger charge is 2.12. The lowest BCUT2D eigenvalue weighted by Gasteiger charge is -2.14. The third-order valence-corrected chi connectivity index (χ3v) is 5.42. The van der Waals surface area contributed by atoms with Crippen LogP contribution in [0.1, 0.15) is 21.5 Å². The Morgan fingerprint density at radius 2 is 1.70 bits per heavy atom. The van der Waals surface area contributed by atoms with Crippen molar-refractivity contribution in [2.45, 2.75) is 13.3 Å². The lowest BCUT2D eigenvalue weighted by atomic mass is 10.1. The van der Waals surface area contributed by atoms with Gasteiger partial charge in [0, 0.05) is 18.7 Å². The van der Waals surface area contributed by atoms with Crippen molar-refractivity contribution in [2.75, 3.05) is 43.2 Å². The van der Waals surface area contributed by atoms with E-state index in [2.05, 4.69) is 16.0 Å². The first-order valence-corrected chi connectivity index (χ1v) is 11.6. The number of carboxylic acid groups (broad SMARTS) is 1. The van der Waals surface area contributed by atoms with Crippen molar-refractivity contribution in [3.63, 3.8) is 0 Å². The van der Waals surface area contributed by atoms with Crippen LogP contribution in [-0.4, -0.2) is 49.7 Å². The van der Waals surface area contributed by atoms with Crippen molar-refractivity contribution in [1.82, 2.24) is 5.32 Å². The number of ketones is 1. The minimum Gasteiger partial charge on any atom is -0.495 e. The lowest BCUT2D eigenvalue weighted by Crippen LogP contribution is -2.28. The number of hydrogen-bond donors (Lipinski definition) is 5. The van der Waals surface area contributed by atoms with Gasteiger partial charge in [-0.25, -0.2) is 9.59 Å². The van der Waals surface area contributed by atoms with Crippen LogP contribution >= 0.6 is 0 Å². The molecule has 6 N–H and O–H groups in total. The van der Waals surface area contributed by atoms with Crippen LogP contribution in [0.5, 0.6) is 11.5 Å². The van der Waals surface area contributed by atoms with Gasteiger partial charge >= 0.3 is 12.0 Å². The zero-order chi connectivity index (χ0) is 26.8. The zero-order valence-electron chi connectivity index (χ0n) is 20.7. The predicted octanol–water partition coefficient (Wildman–Crippen LogP) is 3.71. The fourth-order valence-electron chi connectivity index (χ4n) is 3.50. The number of carbonyl (C=O) groups is 3. The third kappa shape index (κ3) is 7.97. The average molecular weight is 507 g/mol. The van der Waals surface area contributed by atoms with Gasteiger partial charge < -0.3 is 36.3 Å². The highest BCUT2D eigenvalue weighted by atomic mass is 16.5. The summed E-state index contributed by atoms with van der Waals surface area (Å²) in [6.07, 6.45) is 0.184. The number of anilines is 3. The van der Waals surface area contributed by atoms with Gasteiger partial charge in [-0.05, 0) is 54.4 Å². The van der Waals surface area contributed by atoms with Crippen molar-refractivity contribution in [3.8, 4) is 11.5 Å². The molecule has 0 atom stereocenters. The number of nitrogen functional groups attached to an aromatic ring is 1. The van der Waals surface area contributed by atoms with Crippen molar-refractivity contribution in [1.29, 1.82) is 0 Å². The molecule has 3 rings (SSSR count). The van der Waals surface area contributed by atoms with Crippen LogP contribution < -0.4 is 31.2 Å². The molecule has 3 aromatic rings. The number of carboxylic acids is 1. The number of methoxy groups -OCH3 is 1. The Balaban J connectivity index is 1.44. The molecule has 3 aromatic carbocycles. The van der Waals surface area contributed by atoms with Gasteiger partial charge in [0.25, 0.3) is 0 Å². The first-order chi connectivity index (χ1) is 17.8. The van der Waals surface area contributed by atoms with Crippen molar-refractivity contribution >= 4 is 34.8 Å². The van der Waals surface area contributed by atoms with Gasteiger partial charge in [-0.2, -0.15) is 0 Å². The standard InChI is InChI=1S/C27H30N4O6/c1-17-5-3-4-6-22(17)30-27(35)31-23-9-7-18(14-25(23)36-2)13-20(32)16-29-11-12-37-24-10-8-19(26(33)34)15-21(24)28/h3-10,14-15,29H,11-13,16,28H2,1-2H3,(H,33,34)(H2,30,31,35). The quantitative estimate of drug-likeness (QED) is 0.184. The lowest BCUT2D eigenvalue weighted by molar-refractivity contribution is -0.117. The van der Waals surface area contributed by atoms with E-state index in [1.165, 1.54) is 25.3 Å². The fourth-order valence-corrected chi connectivity index (χ4v) is 3.50. The summed E-state index contributed by atoms with van der Waals surface area (Å²) in [6.45, 7) is 2.69. The summed E-state index contributed by atoms with van der Waals surface area (Å²) in [5.74, 6) is -0.277. The van der Waals surface area contributed by atoms with Gasteiger partial charge in [-0.3, -0.25) is 4.79 Å². The second-order valence-electron chi connectivity index (χ2n) is 8.23. The third-order valence-electron chi connectivity index (χ3n) is 5.42. The number of aromatic carboxylic acids is 1. The number of nitrogens with two attached hydrogens (primary N) is 1. The number of hydrogen-bond acceptors (Lipinski definition) is 7.